The molecule has 1 unspecified atom stereocenters. The third-order valence-electron chi connectivity index (χ3n) is 3.02. The highest BCUT2D eigenvalue weighted by atomic mass is 19.1. The van der Waals surface area contributed by atoms with Crippen LogP contribution in [0.15, 0.2) is 48.5 Å². The summed E-state index contributed by atoms with van der Waals surface area (Å²) < 4.78 is 19.6. The second kappa shape index (κ2) is 6.34. The normalized spacial score (nSPS) is 12.2. The number of nitrogens with two attached hydrogens (primary N) is 1. The number of para-hydroxylation sites is 2. The van der Waals surface area contributed by atoms with Crippen molar-refractivity contribution in [1.29, 1.82) is 0 Å². The molecule has 3 heteroatoms. The molecule has 0 bridgehead atoms. The molecule has 0 aromatic heterocycles. The smallest absolute Gasteiger partial charge is 0.166 e. The maximum atomic E-state index is 13.9. The predicted molar refractivity (Wildman–Crippen MR) is 74.9 cm³/mol. The average molecular weight is 259 g/mol. The van der Waals surface area contributed by atoms with Crippen molar-refractivity contribution in [2.45, 2.75) is 25.8 Å². The Morgan fingerprint density at radius 3 is 2.53 bits per heavy atom. The van der Waals surface area contributed by atoms with Crippen LogP contribution in [0.3, 0.4) is 0 Å². The van der Waals surface area contributed by atoms with E-state index < -0.39 is 0 Å². The minimum Gasteiger partial charge on any atom is -0.454 e. The zero-order chi connectivity index (χ0) is 13.7. The van der Waals surface area contributed by atoms with Crippen LogP contribution >= 0.6 is 0 Å². The van der Waals surface area contributed by atoms with Crippen molar-refractivity contribution < 1.29 is 9.13 Å². The molecule has 2 nitrogen and oxygen atoms in total. The highest BCUT2D eigenvalue weighted by molar-refractivity contribution is 5.39. The zero-order valence-electron chi connectivity index (χ0n) is 11.0. The summed E-state index contributed by atoms with van der Waals surface area (Å²) in [5, 5.41) is 0. The molecule has 2 rings (SSSR count). The van der Waals surface area contributed by atoms with E-state index >= 15 is 0 Å². The summed E-state index contributed by atoms with van der Waals surface area (Å²) in [7, 11) is 0. The van der Waals surface area contributed by atoms with E-state index in [-0.39, 0.29) is 17.6 Å². The van der Waals surface area contributed by atoms with Crippen LogP contribution in [-0.2, 0) is 6.42 Å². The Hall–Kier alpha value is -1.87. The van der Waals surface area contributed by atoms with Gasteiger partial charge in [-0.05, 0) is 36.6 Å². The first-order valence-corrected chi connectivity index (χ1v) is 6.46. The summed E-state index contributed by atoms with van der Waals surface area (Å²) in [5.74, 6) is 0.543. The molecule has 0 fully saturated rings. The highest BCUT2D eigenvalue weighted by Gasteiger charge is 2.13. The van der Waals surface area contributed by atoms with Gasteiger partial charge in [0.1, 0.15) is 5.75 Å². The summed E-state index contributed by atoms with van der Waals surface area (Å²) in [6.45, 7) is 2.02. The van der Waals surface area contributed by atoms with Gasteiger partial charge < -0.3 is 10.5 Å². The number of benzene rings is 2. The van der Waals surface area contributed by atoms with Gasteiger partial charge in [0.05, 0.1) is 0 Å². The van der Waals surface area contributed by atoms with Gasteiger partial charge in [-0.2, -0.15) is 0 Å². The van der Waals surface area contributed by atoms with Gasteiger partial charge in [-0.1, -0.05) is 37.3 Å². The monoisotopic (exact) mass is 259 g/mol. The van der Waals surface area contributed by atoms with E-state index in [1.165, 1.54) is 6.07 Å². The molecule has 0 saturated carbocycles. The SMILES string of the molecule is CCC(N)Cc1cccc(F)c1Oc1ccccc1. The quantitative estimate of drug-likeness (QED) is 0.883. The molecule has 0 heterocycles. The molecule has 0 saturated heterocycles. The molecule has 0 spiro atoms. The fourth-order valence-corrected chi connectivity index (χ4v) is 1.86. The van der Waals surface area contributed by atoms with Crippen molar-refractivity contribution in [3.05, 3.63) is 59.9 Å². The maximum absolute atomic E-state index is 13.9. The predicted octanol–water partition coefficient (Wildman–Crippen LogP) is 3.90. The Bertz CT molecular complexity index is 528. The summed E-state index contributed by atoms with van der Waals surface area (Å²) in [6.07, 6.45) is 1.46. The molecular weight excluding hydrogens is 241 g/mol. The van der Waals surface area contributed by atoms with Gasteiger partial charge in [0.15, 0.2) is 11.6 Å². The van der Waals surface area contributed by atoms with Crippen molar-refractivity contribution in [3.63, 3.8) is 0 Å². The summed E-state index contributed by atoms with van der Waals surface area (Å²) >= 11 is 0. The van der Waals surface area contributed by atoms with Gasteiger partial charge in [-0.15, -0.1) is 0 Å². The molecule has 19 heavy (non-hydrogen) atoms. The first kappa shape index (κ1) is 13.6. The molecule has 0 aliphatic rings. The Morgan fingerprint density at radius 2 is 1.84 bits per heavy atom. The first-order chi connectivity index (χ1) is 9.20. The zero-order valence-corrected chi connectivity index (χ0v) is 11.0. The lowest BCUT2D eigenvalue weighted by Gasteiger charge is -2.14. The topological polar surface area (TPSA) is 35.2 Å². The minimum absolute atomic E-state index is 0.0138. The second-order valence-corrected chi connectivity index (χ2v) is 4.52. The van der Waals surface area contributed by atoms with Crippen molar-refractivity contribution in [2.75, 3.05) is 0 Å². The van der Waals surface area contributed by atoms with Crippen LogP contribution in [-0.4, -0.2) is 6.04 Å². The van der Waals surface area contributed by atoms with Gasteiger partial charge in [0.25, 0.3) is 0 Å². The van der Waals surface area contributed by atoms with E-state index in [0.29, 0.717) is 12.2 Å². The van der Waals surface area contributed by atoms with Crippen molar-refractivity contribution in [1.82, 2.24) is 0 Å². The Labute approximate surface area is 113 Å². The van der Waals surface area contributed by atoms with Crippen LogP contribution in [0.4, 0.5) is 4.39 Å². The van der Waals surface area contributed by atoms with Crippen molar-refractivity contribution in [3.8, 4) is 11.5 Å². The van der Waals surface area contributed by atoms with E-state index in [1.807, 2.05) is 31.2 Å². The van der Waals surface area contributed by atoms with Crippen LogP contribution in [0.25, 0.3) is 0 Å². The van der Waals surface area contributed by atoms with Crippen LogP contribution < -0.4 is 10.5 Å². The van der Waals surface area contributed by atoms with Gasteiger partial charge in [0, 0.05) is 6.04 Å². The molecule has 2 N–H and O–H groups in total. The first-order valence-electron chi connectivity index (χ1n) is 6.46. The Morgan fingerprint density at radius 1 is 1.11 bits per heavy atom. The molecule has 0 aliphatic carbocycles. The van der Waals surface area contributed by atoms with Crippen LogP contribution in [0, 0.1) is 5.82 Å². The summed E-state index contributed by atoms with van der Waals surface area (Å²) in [6, 6.07) is 14.2. The number of rotatable bonds is 5. The molecule has 1 atom stereocenters. The van der Waals surface area contributed by atoms with Gasteiger partial charge in [-0.25, -0.2) is 4.39 Å². The lowest BCUT2D eigenvalue weighted by Crippen LogP contribution is -2.21. The minimum atomic E-state index is -0.357. The van der Waals surface area contributed by atoms with Gasteiger partial charge in [-0.3, -0.25) is 0 Å². The number of hydrogen-bond donors (Lipinski definition) is 1. The number of hydrogen-bond acceptors (Lipinski definition) is 2. The van der Waals surface area contributed by atoms with E-state index in [4.69, 9.17) is 10.5 Å². The Balaban J connectivity index is 2.27. The van der Waals surface area contributed by atoms with Gasteiger partial charge >= 0.3 is 0 Å². The lowest BCUT2D eigenvalue weighted by molar-refractivity contribution is 0.433. The average Bonchev–Trinajstić information content (AvgIpc) is 2.43. The summed E-state index contributed by atoms with van der Waals surface area (Å²) in [4.78, 5) is 0. The number of ether oxygens (including phenoxy) is 1. The van der Waals surface area contributed by atoms with Crippen molar-refractivity contribution >= 4 is 0 Å². The lowest BCUT2D eigenvalue weighted by atomic mass is 10.0. The fraction of sp³-hybridized carbons (Fsp3) is 0.250. The largest absolute Gasteiger partial charge is 0.454 e. The number of halogens is 1. The second-order valence-electron chi connectivity index (χ2n) is 4.52. The van der Waals surface area contributed by atoms with E-state index in [1.54, 1.807) is 18.2 Å². The molecule has 100 valence electrons. The molecule has 0 radical (unpaired) electrons. The van der Waals surface area contributed by atoms with E-state index in [9.17, 15) is 4.39 Å². The molecular formula is C16H18FNO. The molecule has 0 amide bonds. The molecule has 2 aromatic carbocycles. The van der Waals surface area contributed by atoms with E-state index in [2.05, 4.69) is 0 Å². The standard InChI is InChI=1S/C16H18FNO/c1-2-13(18)11-12-7-6-10-15(17)16(12)19-14-8-4-3-5-9-14/h3-10,13H,2,11,18H2,1H3. The van der Waals surface area contributed by atoms with Crippen LogP contribution in [0.2, 0.25) is 0 Å². The van der Waals surface area contributed by atoms with Crippen LogP contribution in [0.5, 0.6) is 11.5 Å². The fourth-order valence-electron chi connectivity index (χ4n) is 1.86. The third kappa shape index (κ3) is 3.55. The summed E-state index contributed by atoms with van der Waals surface area (Å²) in [5.41, 5.74) is 6.74. The van der Waals surface area contributed by atoms with Crippen molar-refractivity contribution in [2.24, 2.45) is 5.73 Å². The Kier molecular flexibility index (Phi) is 4.53. The molecule has 0 aliphatic heterocycles. The third-order valence-corrected chi connectivity index (χ3v) is 3.02. The van der Waals surface area contributed by atoms with Crippen LogP contribution in [0.1, 0.15) is 18.9 Å². The van der Waals surface area contributed by atoms with E-state index in [0.717, 1.165) is 12.0 Å². The molecule has 2 aromatic rings. The highest BCUT2D eigenvalue weighted by Crippen LogP contribution is 2.29. The van der Waals surface area contributed by atoms with Gasteiger partial charge in [0.2, 0.25) is 0 Å². The maximum Gasteiger partial charge on any atom is 0.166 e.